The Labute approximate surface area is 210 Å². The zero-order chi connectivity index (χ0) is 24.1. The molecule has 2 aromatic carbocycles. The van der Waals surface area contributed by atoms with Crippen LogP contribution in [-0.2, 0) is 9.53 Å². The lowest BCUT2D eigenvalue weighted by molar-refractivity contribution is -0.125. The number of carbonyl (C=O) groups excluding carboxylic acids is 2. The summed E-state index contributed by atoms with van der Waals surface area (Å²) in [7, 11) is 5.89. The summed E-state index contributed by atoms with van der Waals surface area (Å²) in [5, 5.41) is 0.772. The first-order valence-corrected chi connectivity index (χ1v) is 11.8. The van der Waals surface area contributed by atoms with Gasteiger partial charge in [0.2, 0.25) is 0 Å². The summed E-state index contributed by atoms with van der Waals surface area (Å²) in [6.45, 7) is 5.33. The van der Waals surface area contributed by atoms with Gasteiger partial charge in [-0.1, -0.05) is 52.9 Å². The molecule has 1 aliphatic heterocycles. The molecule has 0 N–H and O–H groups in total. The van der Waals surface area contributed by atoms with E-state index in [1.54, 1.807) is 51.1 Å². The van der Waals surface area contributed by atoms with Crippen LogP contribution in [0.5, 0.6) is 0 Å². The Morgan fingerprint density at radius 3 is 2.33 bits per heavy atom. The topological polar surface area (TPSA) is 49.9 Å². The van der Waals surface area contributed by atoms with E-state index in [1.807, 2.05) is 12.1 Å². The van der Waals surface area contributed by atoms with Gasteiger partial charge in [0.25, 0.3) is 5.91 Å². The highest BCUT2D eigenvalue weighted by molar-refractivity contribution is 7.80. The quantitative estimate of drug-likeness (QED) is 0.411. The molecule has 2 atom stereocenters. The zero-order valence-electron chi connectivity index (χ0n) is 18.6. The van der Waals surface area contributed by atoms with Gasteiger partial charge >= 0.3 is 6.09 Å². The number of rotatable bonds is 2. The molecule has 1 spiro atoms. The SMILES string of the molecule is [B]c1ccc([C@@H]2CCC[C@]23C(=O)N(c2cc(Cl)cc(Cl)c2)C(=S)N3C(=O)OC(C)(C)C)cc1. The smallest absolute Gasteiger partial charge is 0.417 e. The molecule has 1 aliphatic carbocycles. The molecule has 170 valence electrons. The van der Waals surface area contributed by atoms with Gasteiger partial charge in [-0.2, -0.15) is 0 Å². The third kappa shape index (κ3) is 4.27. The van der Waals surface area contributed by atoms with Gasteiger partial charge in [0, 0.05) is 16.0 Å². The lowest BCUT2D eigenvalue weighted by Crippen LogP contribution is -2.55. The van der Waals surface area contributed by atoms with Crippen molar-refractivity contribution in [1.29, 1.82) is 0 Å². The maximum atomic E-state index is 14.2. The van der Waals surface area contributed by atoms with Gasteiger partial charge in [-0.15, -0.1) is 0 Å². The highest BCUT2D eigenvalue weighted by atomic mass is 35.5. The number of halogens is 2. The number of nitrogens with zero attached hydrogens (tertiary/aromatic N) is 2. The van der Waals surface area contributed by atoms with Crippen LogP contribution >= 0.6 is 35.4 Å². The van der Waals surface area contributed by atoms with Crippen molar-refractivity contribution in [2.45, 2.75) is 57.1 Å². The Balaban J connectivity index is 1.87. The average Bonchev–Trinajstić information content (AvgIpc) is 3.20. The number of benzene rings is 2. The molecule has 9 heteroatoms. The predicted octanol–water partition coefficient (Wildman–Crippen LogP) is 5.36. The van der Waals surface area contributed by atoms with E-state index in [4.69, 9.17) is 48.0 Å². The van der Waals surface area contributed by atoms with E-state index in [-0.39, 0.29) is 16.9 Å². The fourth-order valence-electron chi connectivity index (χ4n) is 4.77. The molecule has 2 aromatic rings. The Kier molecular flexibility index (Phi) is 6.27. The second kappa shape index (κ2) is 8.60. The van der Waals surface area contributed by atoms with Gasteiger partial charge in [-0.25, -0.2) is 9.69 Å². The van der Waals surface area contributed by atoms with Crippen LogP contribution in [0.3, 0.4) is 0 Å². The summed E-state index contributed by atoms with van der Waals surface area (Å²) >= 11 is 18.2. The Morgan fingerprint density at radius 2 is 1.76 bits per heavy atom. The molecule has 2 radical (unpaired) electrons. The third-order valence-electron chi connectivity index (χ3n) is 6.00. The van der Waals surface area contributed by atoms with E-state index in [1.165, 1.54) is 9.80 Å². The largest absolute Gasteiger partial charge is 0.443 e. The molecular weight excluding hydrogens is 478 g/mol. The Morgan fingerprint density at radius 1 is 1.15 bits per heavy atom. The van der Waals surface area contributed by atoms with Crippen molar-refractivity contribution in [1.82, 2.24) is 4.90 Å². The summed E-state index contributed by atoms with van der Waals surface area (Å²) in [4.78, 5) is 30.4. The molecule has 2 fully saturated rings. The summed E-state index contributed by atoms with van der Waals surface area (Å²) in [5.41, 5.74) is -0.0323. The van der Waals surface area contributed by atoms with Gasteiger partial charge in [-0.05, 0) is 76.0 Å². The van der Waals surface area contributed by atoms with Crippen LogP contribution in [0.4, 0.5) is 10.5 Å². The molecule has 0 aromatic heterocycles. The third-order valence-corrected chi connectivity index (χ3v) is 6.80. The summed E-state index contributed by atoms with van der Waals surface area (Å²) < 4.78 is 5.71. The first-order valence-electron chi connectivity index (χ1n) is 10.7. The van der Waals surface area contributed by atoms with Crippen LogP contribution in [0, 0.1) is 0 Å². The number of carbonyl (C=O) groups is 2. The van der Waals surface area contributed by atoms with Gasteiger partial charge < -0.3 is 4.74 Å². The lowest BCUT2D eigenvalue weighted by Gasteiger charge is -2.37. The molecule has 5 nitrogen and oxygen atoms in total. The number of anilines is 1. The molecule has 33 heavy (non-hydrogen) atoms. The maximum Gasteiger partial charge on any atom is 0.417 e. The lowest BCUT2D eigenvalue weighted by atomic mass is 9.79. The molecule has 2 amide bonds. The van der Waals surface area contributed by atoms with Crippen LogP contribution in [0.1, 0.15) is 51.5 Å². The molecule has 1 heterocycles. The number of thiocarbonyl (C=S) groups is 1. The molecular formula is C24H23BCl2N2O3S. The fraction of sp³-hybridized carbons (Fsp3) is 0.375. The standard InChI is InChI=1S/C24H23BCl2N2O3S/c1-23(2,3)32-22(31)29-21(33)28(18-12-16(26)11-17(27)13-18)20(30)24(29)10-4-5-19(24)14-6-8-15(25)9-7-14/h6-9,11-13,19H,4-5,10H2,1-3H3/t19-,24+/m0/s1. The molecule has 4 rings (SSSR count). The van der Waals surface area contributed by atoms with Gasteiger partial charge in [0.15, 0.2) is 5.11 Å². The van der Waals surface area contributed by atoms with E-state index < -0.39 is 17.2 Å². The van der Waals surface area contributed by atoms with Crippen LogP contribution in [-0.4, -0.2) is 41.0 Å². The minimum Gasteiger partial charge on any atom is -0.443 e. The van der Waals surface area contributed by atoms with Crippen LogP contribution < -0.4 is 10.4 Å². The van der Waals surface area contributed by atoms with Gasteiger partial charge in [0.1, 0.15) is 19.0 Å². The highest BCUT2D eigenvalue weighted by Gasteiger charge is 2.64. The van der Waals surface area contributed by atoms with E-state index in [9.17, 15) is 9.59 Å². The summed E-state index contributed by atoms with van der Waals surface area (Å²) in [6, 6.07) is 12.2. The molecule has 1 saturated heterocycles. The average molecular weight is 501 g/mol. The fourth-order valence-corrected chi connectivity index (χ4v) is 5.71. The van der Waals surface area contributed by atoms with Crippen molar-refractivity contribution in [2.24, 2.45) is 0 Å². The van der Waals surface area contributed by atoms with Gasteiger partial charge in [-0.3, -0.25) is 9.69 Å². The van der Waals surface area contributed by atoms with Crippen molar-refractivity contribution in [3.8, 4) is 0 Å². The minimum absolute atomic E-state index is 0.0509. The minimum atomic E-state index is -1.22. The number of amides is 2. The van der Waals surface area contributed by atoms with Crippen LogP contribution in [0.2, 0.25) is 10.0 Å². The Bertz CT molecular complexity index is 1120. The first kappa shape index (κ1) is 24.1. The number of hydrogen-bond donors (Lipinski definition) is 0. The second-order valence-electron chi connectivity index (χ2n) is 9.40. The molecule has 0 bridgehead atoms. The van der Waals surface area contributed by atoms with Crippen LogP contribution in [0.15, 0.2) is 42.5 Å². The molecule has 0 unspecified atom stereocenters. The zero-order valence-corrected chi connectivity index (χ0v) is 20.9. The highest BCUT2D eigenvalue weighted by Crippen LogP contribution is 2.52. The Hall–Kier alpha value is -2.09. The number of hydrogen-bond acceptors (Lipinski definition) is 4. The van der Waals surface area contributed by atoms with Crippen molar-refractivity contribution in [2.75, 3.05) is 4.90 Å². The van der Waals surface area contributed by atoms with E-state index >= 15 is 0 Å². The first-order chi connectivity index (χ1) is 15.4. The number of ether oxygens (including phenoxy) is 1. The van der Waals surface area contributed by atoms with Crippen molar-refractivity contribution in [3.05, 3.63) is 58.1 Å². The van der Waals surface area contributed by atoms with Crippen molar-refractivity contribution >= 4 is 71.5 Å². The monoisotopic (exact) mass is 500 g/mol. The normalized spacial score (nSPS) is 23.0. The summed E-state index contributed by atoms with van der Waals surface area (Å²) in [5.74, 6) is -0.577. The van der Waals surface area contributed by atoms with E-state index in [0.717, 1.165) is 12.0 Å². The van der Waals surface area contributed by atoms with E-state index in [0.29, 0.717) is 34.0 Å². The van der Waals surface area contributed by atoms with Crippen molar-refractivity contribution in [3.63, 3.8) is 0 Å². The van der Waals surface area contributed by atoms with E-state index in [2.05, 4.69) is 0 Å². The molecule has 1 saturated carbocycles. The second-order valence-corrected chi connectivity index (χ2v) is 10.6. The van der Waals surface area contributed by atoms with Crippen molar-refractivity contribution < 1.29 is 14.3 Å². The maximum absolute atomic E-state index is 14.2. The predicted molar refractivity (Wildman–Crippen MR) is 136 cm³/mol. The summed E-state index contributed by atoms with van der Waals surface area (Å²) in [6.07, 6.45) is 1.25. The molecule has 2 aliphatic rings. The van der Waals surface area contributed by atoms with Crippen LogP contribution in [0.25, 0.3) is 0 Å². The van der Waals surface area contributed by atoms with Gasteiger partial charge in [0.05, 0.1) is 5.69 Å².